The third-order valence-corrected chi connectivity index (χ3v) is 9.95. The molecule has 4 atom stereocenters. The average Bonchev–Trinajstić information content (AvgIpc) is 3.72. The molecule has 4 aromatic carbocycles. The number of fused-ring (bicyclic) bond motifs is 2. The largest absolute Gasteiger partial charge is 0.241 e. The van der Waals surface area contributed by atoms with Crippen molar-refractivity contribution in [3.63, 3.8) is 0 Å². The molecule has 4 heterocycles. The summed E-state index contributed by atoms with van der Waals surface area (Å²) in [5.41, 5.74) is 2.48. The average molecular weight is 613 g/mol. The molecule has 0 bridgehead atoms. The maximum absolute atomic E-state index is 4.75. The topological polar surface area (TPSA) is 93.7 Å². The molecule has 0 spiro atoms. The first-order valence-electron chi connectivity index (χ1n) is 16.6. The second-order valence-corrected chi connectivity index (χ2v) is 13.0. The molecule has 2 saturated heterocycles. The molecule has 46 heavy (non-hydrogen) atoms. The van der Waals surface area contributed by atoms with Crippen molar-refractivity contribution in [2.45, 2.75) is 51.6 Å². The third-order valence-electron chi connectivity index (χ3n) is 9.95. The van der Waals surface area contributed by atoms with Crippen LogP contribution < -0.4 is 0 Å². The molecular weight excluding hydrogens is 572 g/mol. The minimum atomic E-state index is 0.0156. The molecule has 2 fully saturated rings. The quantitative estimate of drug-likeness (QED) is 0.223. The van der Waals surface area contributed by atoms with Gasteiger partial charge in [0.25, 0.3) is 0 Å². The zero-order valence-corrected chi connectivity index (χ0v) is 26.5. The molecular formula is C36H40N10. The van der Waals surface area contributed by atoms with Crippen LogP contribution >= 0.6 is 0 Å². The van der Waals surface area contributed by atoms with E-state index in [0.29, 0.717) is 23.5 Å². The predicted molar refractivity (Wildman–Crippen MR) is 178 cm³/mol. The number of piperidine rings is 2. The fourth-order valence-corrected chi connectivity index (χ4v) is 7.81. The summed E-state index contributed by atoms with van der Waals surface area (Å²) in [6, 6.07) is 30.7. The van der Waals surface area contributed by atoms with Crippen LogP contribution in [0.2, 0.25) is 0 Å². The first-order valence-corrected chi connectivity index (χ1v) is 16.6. The van der Waals surface area contributed by atoms with Crippen molar-refractivity contribution in [3.05, 3.63) is 108 Å². The van der Waals surface area contributed by atoms with Gasteiger partial charge in [0.15, 0.2) is 11.6 Å². The summed E-state index contributed by atoms with van der Waals surface area (Å²) < 4.78 is 0. The predicted octanol–water partition coefficient (Wildman–Crippen LogP) is 5.80. The van der Waals surface area contributed by atoms with Crippen molar-refractivity contribution >= 4 is 21.5 Å². The number of hydrogen-bond donors (Lipinski definition) is 0. The lowest BCUT2D eigenvalue weighted by atomic mass is 9.85. The van der Waals surface area contributed by atoms with Gasteiger partial charge in [0.05, 0.1) is 0 Å². The van der Waals surface area contributed by atoms with Gasteiger partial charge in [0.2, 0.25) is 0 Å². The number of aromatic nitrogens is 8. The maximum Gasteiger partial charge on any atom is 0.171 e. The molecule has 0 saturated carbocycles. The van der Waals surface area contributed by atoms with Gasteiger partial charge in [-0.3, -0.25) is 0 Å². The fourth-order valence-electron chi connectivity index (χ4n) is 7.81. The normalized spacial score (nSPS) is 21.1. The van der Waals surface area contributed by atoms with Gasteiger partial charge in [-0.05, 0) is 94.8 Å². The van der Waals surface area contributed by atoms with E-state index in [4.69, 9.17) is 10.2 Å². The van der Waals surface area contributed by atoms with Gasteiger partial charge in [0.1, 0.15) is 12.1 Å². The van der Waals surface area contributed by atoms with E-state index >= 15 is 0 Å². The third kappa shape index (κ3) is 5.67. The van der Waals surface area contributed by atoms with Crippen LogP contribution in [0.1, 0.15) is 60.5 Å². The molecule has 10 nitrogen and oxygen atoms in total. The van der Waals surface area contributed by atoms with Crippen molar-refractivity contribution < 1.29 is 0 Å². The van der Waals surface area contributed by atoms with Gasteiger partial charge in [0, 0.05) is 38.0 Å². The molecule has 10 heteroatoms. The summed E-state index contributed by atoms with van der Waals surface area (Å²) in [7, 11) is 0. The van der Waals surface area contributed by atoms with Crippen LogP contribution in [0.25, 0.3) is 21.5 Å². The number of hydrogen-bond acceptors (Lipinski definition) is 8. The summed E-state index contributed by atoms with van der Waals surface area (Å²) in [4.78, 5) is 3.72. The van der Waals surface area contributed by atoms with Crippen molar-refractivity contribution in [2.75, 3.05) is 26.2 Å². The van der Waals surface area contributed by atoms with E-state index in [0.717, 1.165) is 51.9 Å². The molecule has 0 radical (unpaired) electrons. The van der Waals surface area contributed by atoms with Gasteiger partial charge >= 0.3 is 0 Å². The summed E-state index contributed by atoms with van der Waals surface area (Å²) in [5, 5.41) is 37.3. The monoisotopic (exact) mass is 612 g/mol. The van der Waals surface area contributed by atoms with E-state index in [1.165, 1.54) is 32.7 Å². The highest BCUT2D eigenvalue weighted by Gasteiger charge is 2.37. The van der Waals surface area contributed by atoms with Crippen LogP contribution in [0.15, 0.2) is 84.9 Å². The summed E-state index contributed by atoms with van der Waals surface area (Å²) in [6.45, 7) is 7.84. The summed E-state index contributed by atoms with van der Waals surface area (Å²) in [5.74, 6) is 2.10. The number of benzene rings is 4. The van der Waals surface area contributed by atoms with Crippen LogP contribution in [0.4, 0.5) is 0 Å². The molecule has 234 valence electrons. The van der Waals surface area contributed by atoms with Crippen molar-refractivity contribution in [2.24, 2.45) is 11.8 Å². The first-order chi connectivity index (χ1) is 22.6. The SMILES string of the molecule is Cc1nnn(C(c2ccc3ccccc3c2)[C@H]2CCCN(N3CCC[C@H](C(c4ccc5ccccc5c4)n4nnc(C)n4)C3)C2)n1. The molecule has 8 rings (SSSR count). The smallest absolute Gasteiger partial charge is 0.171 e. The van der Waals surface area contributed by atoms with Crippen LogP contribution in [0.5, 0.6) is 0 Å². The highest BCUT2D eigenvalue weighted by Crippen LogP contribution is 2.37. The highest BCUT2D eigenvalue weighted by atomic mass is 15.6. The number of aryl methyl sites for hydroxylation is 2. The van der Waals surface area contributed by atoms with E-state index in [2.05, 4.69) is 116 Å². The lowest BCUT2D eigenvalue weighted by molar-refractivity contribution is -0.0888. The second kappa shape index (κ2) is 12.3. The van der Waals surface area contributed by atoms with Gasteiger partial charge in [-0.15, -0.1) is 20.4 Å². The van der Waals surface area contributed by atoms with E-state index < -0.39 is 0 Å². The Morgan fingerprint density at radius 1 is 0.565 bits per heavy atom. The van der Waals surface area contributed by atoms with Gasteiger partial charge in [-0.25, -0.2) is 10.0 Å². The van der Waals surface area contributed by atoms with Crippen LogP contribution in [0, 0.1) is 25.7 Å². The Labute approximate surface area is 269 Å². The zero-order chi connectivity index (χ0) is 31.0. The van der Waals surface area contributed by atoms with Crippen molar-refractivity contribution in [3.8, 4) is 0 Å². The number of rotatable bonds is 7. The lowest BCUT2D eigenvalue weighted by Crippen LogP contribution is -2.53. The van der Waals surface area contributed by atoms with Crippen LogP contribution in [-0.2, 0) is 0 Å². The minimum Gasteiger partial charge on any atom is -0.241 e. The van der Waals surface area contributed by atoms with Crippen molar-refractivity contribution in [1.82, 2.24) is 50.4 Å². The molecule has 2 aromatic heterocycles. The first kappa shape index (κ1) is 28.9. The molecule has 6 aromatic rings. The summed E-state index contributed by atoms with van der Waals surface area (Å²) in [6.07, 6.45) is 4.49. The number of tetrazole rings is 2. The van der Waals surface area contributed by atoms with E-state index in [9.17, 15) is 0 Å². The van der Waals surface area contributed by atoms with E-state index in [-0.39, 0.29) is 12.1 Å². The summed E-state index contributed by atoms with van der Waals surface area (Å²) >= 11 is 0. The molecule has 2 aliphatic rings. The lowest BCUT2D eigenvalue weighted by Gasteiger charge is -2.46. The van der Waals surface area contributed by atoms with Crippen molar-refractivity contribution in [1.29, 1.82) is 0 Å². The molecule has 2 unspecified atom stereocenters. The fraction of sp³-hybridized carbons (Fsp3) is 0.389. The Hall–Kier alpha value is -4.54. The van der Waals surface area contributed by atoms with Crippen LogP contribution in [0.3, 0.4) is 0 Å². The molecule has 0 aliphatic carbocycles. The van der Waals surface area contributed by atoms with E-state index in [1.807, 2.05) is 23.4 Å². The molecule has 0 N–H and O–H groups in total. The second-order valence-electron chi connectivity index (χ2n) is 13.0. The Morgan fingerprint density at radius 3 is 1.41 bits per heavy atom. The Bertz CT molecular complexity index is 1820. The maximum atomic E-state index is 4.75. The Morgan fingerprint density at radius 2 is 1.00 bits per heavy atom. The number of hydrazine groups is 1. The Kier molecular flexibility index (Phi) is 7.75. The minimum absolute atomic E-state index is 0.0156. The number of nitrogens with zero attached hydrogens (tertiary/aromatic N) is 10. The molecule has 0 amide bonds. The highest BCUT2D eigenvalue weighted by molar-refractivity contribution is 5.83. The van der Waals surface area contributed by atoms with Gasteiger partial charge in [-0.2, -0.15) is 9.59 Å². The molecule has 2 aliphatic heterocycles. The van der Waals surface area contributed by atoms with E-state index in [1.54, 1.807) is 0 Å². The van der Waals surface area contributed by atoms with Gasteiger partial charge < -0.3 is 0 Å². The Balaban J connectivity index is 1.08. The zero-order valence-electron chi connectivity index (χ0n) is 26.5. The van der Waals surface area contributed by atoms with Crippen LogP contribution in [-0.4, -0.2) is 76.6 Å². The standard InChI is InChI=1S/C36H40N10/c1-25-37-41-45(39-25)35(31-17-15-27-9-3-5-11-29(27)21-31)33-13-7-19-43(23-33)44-20-8-14-34(24-44)36(46-40-26(2)38-42-46)32-18-16-28-10-4-6-12-30(28)22-32/h3-6,9-12,15-18,21-22,33-36H,7-8,13-14,19-20,23-24H2,1-2H3/t33-,34-,35?,36?/m0/s1. The van der Waals surface area contributed by atoms with Gasteiger partial charge in [-0.1, -0.05) is 72.8 Å².